The van der Waals surface area contributed by atoms with Crippen LogP contribution in [-0.4, -0.2) is 31.1 Å². The van der Waals surface area contributed by atoms with Crippen molar-refractivity contribution < 1.29 is 23.9 Å². The van der Waals surface area contributed by atoms with Crippen LogP contribution in [0.4, 0.5) is 0 Å². The predicted octanol–water partition coefficient (Wildman–Crippen LogP) is 0.0953. The predicted molar refractivity (Wildman–Crippen MR) is 58.5 cm³/mol. The molecular weight excluding hydrogens is 211 g/mol. The Morgan fingerprint density at radius 3 is 2.81 bits per heavy atom. The molecule has 2 rings (SSSR count). The Hall–Kier alpha value is -1.50. The second-order valence-electron chi connectivity index (χ2n) is 3.27. The van der Waals surface area contributed by atoms with Gasteiger partial charge in [0.05, 0.1) is 0 Å². The Labute approximate surface area is 92.3 Å². The molecule has 0 saturated heterocycles. The third kappa shape index (κ3) is 2.19. The molecule has 0 aliphatic heterocycles. The van der Waals surface area contributed by atoms with Crippen molar-refractivity contribution >= 4 is 23.7 Å². The van der Waals surface area contributed by atoms with Crippen molar-refractivity contribution in [2.75, 3.05) is 13.9 Å². The maximum Gasteiger partial charge on any atom is 0.526 e. The lowest BCUT2D eigenvalue weighted by Crippen LogP contribution is -2.27. The molecule has 1 heterocycles. The largest absolute Gasteiger partial charge is 0.526 e. The van der Waals surface area contributed by atoms with Crippen LogP contribution < -0.4 is 10.4 Å². The molecule has 1 aromatic heterocycles. The first-order valence-electron chi connectivity index (χ1n) is 4.72. The lowest BCUT2D eigenvalue weighted by atomic mass is 9.88. The molecule has 0 aliphatic rings. The number of rotatable bonds is 4. The quantitative estimate of drug-likeness (QED) is 0.566. The van der Waals surface area contributed by atoms with Gasteiger partial charge in [-0.3, -0.25) is 0 Å². The SMILES string of the molecule is COCOc1ccc2oc(B(O)O)cc2c1. The molecule has 0 amide bonds. The lowest BCUT2D eigenvalue weighted by molar-refractivity contribution is 0.0512. The van der Waals surface area contributed by atoms with Crippen LogP contribution in [0.15, 0.2) is 28.7 Å². The number of ether oxygens (including phenoxy) is 2. The monoisotopic (exact) mass is 222 g/mol. The molecule has 0 unspecified atom stereocenters. The first kappa shape index (κ1) is 11.0. The van der Waals surface area contributed by atoms with E-state index in [9.17, 15) is 0 Å². The normalized spacial score (nSPS) is 10.7. The zero-order valence-electron chi connectivity index (χ0n) is 8.71. The summed E-state index contributed by atoms with van der Waals surface area (Å²) in [5, 5.41) is 18.6. The van der Waals surface area contributed by atoms with Gasteiger partial charge >= 0.3 is 7.12 Å². The van der Waals surface area contributed by atoms with E-state index in [1.807, 2.05) is 0 Å². The highest BCUT2D eigenvalue weighted by molar-refractivity contribution is 6.57. The molecule has 0 atom stereocenters. The zero-order chi connectivity index (χ0) is 11.5. The minimum atomic E-state index is -1.60. The number of hydrogen-bond donors (Lipinski definition) is 2. The zero-order valence-corrected chi connectivity index (χ0v) is 8.71. The number of fused-ring (bicyclic) bond motifs is 1. The molecule has 0 radical (unpaired) electrons. The molecule has 1 aromatic carbocycles. The van der Waals surface area contributed by atoms with Gasteiger partial charge < -0.3 is 23.9 Å². The summed E-state index contributed by atoms with van der Waals surface area (Å²) in [5.74, 6) is 0.633. The molecule has 5 nitrogen and oxygen atoms in total. The maximum absolute atomic E-state index is 8.95. The van der Waals surface area contributed by atoms with E-state index in [0.717, 1.165) is 5.39 Å². The Kier molecular flexibility index (Phi) is 3.14. The summed E-state index contributed by atoms with van der Waals surface area (Å²) in [6, 6.07) is 6.72. The molecule has 2 aromatic rings. The van der Waals surface area contributed by atoms with Crippen LogP contribution in [0.2, 0.25) is 0 Å². The van der Waals surface area contributed by atoms with Crippen molar-refractivity contribution in [1.82, 2.24) is 0 Å². The van der Waals surface area contributed by atoms with Crippen LogP contribution in [-0.2, 0) is 4.74 Å². The van der Waals surface area contributed by atoms with Gasteiger partial charge in [-0.25, -0.2) is 0 Å². The average Bonchev–Trinajstić information content (AvgIpc) is 2.69. The van der Waals surface area contributed by atoms with E-state index in [1.54, 1.807) is 24.3 Å². The Balaban J connectivity index is 2.30. The fourth-order valence-corrected chi connectivity index (χ4v) is 1.39. The lowest BCUT2D eigenvalue weighted by Gasteiger charge is -2.03. The number of furan rings is 1. The van der Waals surface area contributed by atoms with Crippen molar-refractivity contribution in [3.63, 3.8) is 0 Å². The molecule has 0 aliphatic carbocycles. The molecule has 0 saturated carbocycles. The van der Waals surface area contributed by atoms with Gasteiger partial charge in [-0.2, -0.15) is 0 Å². The molecule has 0 bridgehead atoms. The summed E-state index contributed by atoms with van der Waals surface area (Å²) in [6.07, 6.45) is 0. The van der Waals surface area contributed by atoms with Crippen molar-refractivity contribution in [3.8, 4) is 5.75 Å². The standard InChI is InChI=1S/C10H11BO5/c1-14-6-15-8-2-3-9-7(4-8)5-10(16-9)11(12)13/h2-5,12-13H,6H2,1H3. The smallest absolute Gasteiger partial charge is 0.468 e. The van der Waals surface area contributed by atoms with Crippen molar-refractivity contribution in [3.05, 3.63) is 24.3 Å². The Morgan fingerprint density at radius 2 is 2.12 bits per heavy atom. The Bertz CT molecular complexity index is 479. The van der Waals surface area contributed by atoms with E-state index in [1.165, 1.54) is 7.11 Å². The minimum Gasteiger partial charge on any atom is -0.468 e. The molecule has 0 spiro atoms. The first-order chi connectivity index (χ1) is 7.70. The molecular formula is C10H11BO5. The third-order valence-corrected chi connectivity index (χ3v) is 2.10. The third-order valence-electron chi connectivity index (χ3n) is 2.10. The molecule has 6 heteroatoms. The van der Waals surface area contributed by atoms with Gasteiger partial charge in [0.15, 0.2) is 6.79 Å². The van der Waals surface area contributed by atoms with Crippen molar-refractivity contribution in [2.45, 2.75) is 0 Å². The van der Waals surface area contributed by atoms with Crippen LogP contribution >= 0.6 is 0 Å². The van der Waals surface area contributed by atoms with Crippen LogP contribution in [0, 0.1) is 0 Å². The average molecular weight is 222 g/mol. The van der Waals surface area contributed by atoms with Gasteiger partial charge in [0, 0.05) is 12.5 Å². The van der Waals surface area contributed by atoms with Crippen molar-refractivity contribution in [1.29, 1.82) is 0 Å². The van der Waals surface area contributed by atoms with E-state index in [4.69, 9.17) is 23.9 Å². The van der Waals surface area contributed by atoms with Gasteiger partial charge in [0.2, 0.25) is 0 Å². The summed E-state index contributed by atoms with van der Waals surface area (Å²) in [5.41, 5.74) is 0.687. The van der Waals surface area contributed by atoms with E-state index in [-0.39, 0.29) is 12.5 Å². The number of benzene rings is 1. The van der Waals surface area contributed by atoms with E-state index in [2.05, 4.69) is 0 Å². The fourth-order valence-electron chi connectivity index (χ4n) is 1.39. The summed E-state index contributed by atoms with van der Waals surface area (Å²) in [6.45, 7) is 0.166. The number of methoxy groups -OCH3 is 1. The van der Waals surface area contributed by atoms with Gasteiger partial charge in [-0.15, -0.1) is 0 Å². The highest BCUT2D eigenvalue weighted by Crippen LogP contribution is 2.20. The summed E-state index contributed by atoms with van der Waals surface area (Å²) in [4.78, 5) is 0. The van der Waals surface area contributed by atoms with Gasteiger partial charge in [-0.1, -0.05) is 0 Å². The number of hydrogen-bond acceptors (Lipinski definition) is 5. The van der Waals surface area contributed by atoms with Gasteiger partial charge in [-0.05, 0) is 24.3 Å². The van der Waals surface area contributed by atoms with Gasteiger partial charge in [0.25, 0.3) is 0 Å². The van der Waals surface area contributed by atoms with Crippen LogP contribution in [0.25, 0.3) is 11.0 Å². The molecule has 16 heavy (non-hydrogen) atoms. The first-order valence-corrected chi connectivity index (χ1v) is 4.72. The van der Waals surface area contributed by atoms with E-state index >= 15 is 0 Å². The summed E-state index contributed by atoms with van der Waals surface area (Å²) in [7, 11) is -0.0629. The second-order valence-corrected chi connectivity index (χ2v) is 3.27. The minimum absolute atomic E-state index is 0.110. The van der Waals surface area contributed by atoms with Crippen LogP contribution in [0.1, 0.15) is 0 Å². The maximum atomic E-state index is 8.95. The van der Waals surface area contributed by atoms with Crippen LogP contribution in [0.5, 0.6) is 5.75 Å². The summed E-state index contributed by atoms with van der Waals surface area (Å²) < 4.78 is 15.2. The molecule has 84 valence electrons. The topological polar surface area (TPSA) is 72.1 Å². The highest BCUT2D eigenvalue weighted by atomic mass is 16.7. The fraction of sp³-hybridized carbons (Fsp3) is 0.200. The van der Waals surface area contributed by atoms with Crippen molar-refractivity contribution in [2.24, 2.45) is 0 Å². The van der Waals surface area contributed by atoms with E-state index in [0.29, 0.717) is 11.3 Å². The Morgan fingerprint density at radius 1 is 1.31 bits per heavy atom. The molecule has 0 fully saturated rings. The highest BCUT2D eigenvalue weighted by Gasteiger charge is 2.17. The molecule has 2 N–H and O–H groups in total. The second kappa shape index (κ2) is 4.57. The van der Waals surface area contributed by atoms with E-state index < -0.39 is 7.12 Å². The summed E-state index contributed by atoms with van der Waals surface area (Å²) >= 11 is 0. The van der Waals surface area contributed by atoms with Crippen LogP contribution in [0.3, 0.4) is 0 Å². The van der Waals surface area contributed by atoms with Gasteiger partial charge in [0.1, 0.15) is 17.0 Å².